The van der Waals surface area contributed by atoms with Crippen molar-refractivity contribution in [3.63, 3.8) is 0 Å². The quantitative estimate of drug-likeness (QED) is 0.660. The Balaban J connectivity index is 1.76. The van der Waals surface area contributed by atoms with Gasteiger partial charge in [0.15, 0.2) is 0 Å². The molecule has 14 heavy (non-hydrogen) atoms. The van der Waals surface area contributed by atoms with E-state index in [0.717, 1.165) is 19.6 Å². The molecule has 2 aliphatic rings. The number of nitrogens with one attached hydrogen (secondary N) is 1. The molecule has 1 heterocycles. The van der Waals surface area contributed by atoms with Crippen molar-refractivity contribution in [3.05, 3.63) is 0 Å². The van der Waals surface area contributed by atoms with Crippen LogP contribution in [0.2, 0.25) is 0 Å². The Bertz CT molecular complexity index is 232. The molecule has 2 N–H and O–H groups in total. The summed E-state index contributed by atoms with van der Waals surface area (Å²) in [5, 5.41) is 12.0. The van der Waals surface area contributed by atoms with Crippen molar-refractivity contribution in [2.45, 2.75) is 13.0 Å². The number of piperidine rings is 1. The van der Waals surface area contributed by atoms with Crippen molar-refractivity contribution in [2.24, 2.45) is 17.8 Å². The van der Waals surface area contributed by atoms with E-state index in [1.807, 2.05) is 7.05 Å². The van der Waals surface area contributed by atoms with Crippen LogP contribution in [0.4, 0.5) is 0 Å². The number of hydrogen-bond acceptors (Lipinski definition) is 3. The van der Waals surface area contributed by atoms with Gasteiger partial charge in [0.2, 0.25) is 0 Å². The molecule has 0 spiro atoms. The topological polar surface area (TPSA) is 52.6 Å². The summed E-state index contributed by atoms with van der Waals surface area (Å²) >= 11 is 0. The molecule has 1 aliphatic carbocycles. The van der Waals surface area contributed by atoms with E-state index in [2.05, 4.69) is 17.1 Å². The first-order chi connectivity index (χ1) is 6.63. The summed E-state index contributed by atoms with van der Waals surface area (Å²) in [7, 11) is 1.96. The van der Waals surface area contributed by atoms with E-state index in [-0.39, 0.29) is 5.92 Å². The van der Waals surface area contributed by atoms with Gasteiger partial charge in [-0.2, -0.15) is 0 Å². The van der Waals surface area contributed by atoms with Gasteiger partial charge in [-0.3, -0.25) is 4.79 Å². The van der Waals surface area contributed by atoms with Crippen LogP contribution < -0.4 is 5.32 Å². The standard InChI is InChI=1S/C10H18N2O2/c1-6(11-2)3-12-4-7-8(5-12)9(7)10(13)14/h6-9,11H,3-5H2,1-2H3,(H,13,14). The first-order valence-corrected chi connectivity index (χ1v) is 5.26. The number of hydrogen-bond donors (Lipinski definition) is 2. The summed E-state index contributed by atoms with van der Waals surface area (Å²) in [5.74, 6) is 0.255. The third kappa shape index (κ3) is 1.64. The summed E-state index contributed by atoms with van der Waals surface area (Å²) in [6, 6.07) is 0.496. The second-order valence-electron chi connectivity index (χ2n) is 4.60. The van der Waals surface area contributed by atoms with Gasteiger partial charge in [-0.05, 0) is 25.8 Å². The summed E-state index contributed by atoms with van der Waals surface area (Å²) in [5.41, 5.74) is 0. The highest BCUT2D eigenvalue weighted by atomic mass is 16.4. The monoisotopic (exact) mass is 198 g/mol. The lowest BCUT2D eigenvalue weighted by Gasteiger charge is -2.22. The smallest absolute Gasteiger partial charge is 0.307 e. The van der Waals surface area contributed by atoms with Gasteiger partial charge in [0.1, 0.15) is 0 Å². The van der Waals surface area contributed by atoms with E-state index >= 15 is 0 Å². The molecular weight excluding hydrogens is 180 g/mol. The fourth-order valence-electron chi connectivity index (χ4n) is 2.61. The molecule has 1 aliphatic heterocycles. The molecule has 0 aromatic rings. The number of carbonyl (C=O) groups is 1. The average molecular weight is 198 g/mol. The second kappa shape index (κ2) is 3.51. The van der Waals surface area contributed by atoms with Crippen molar-refractivity contribution in [1.82, 2.24) is 10.2 Å². The van der Waals surface area contributed by atoms with Gasteiger partial charge in [0.25, 0.3) is 0 Å². The Morgan fingerprint density at radius 2 is 2.14 bits per heavy atom. The largest absolute Gasteiger partial charge is 0.481 e. The van der Waals surface area contributed by atoms with Crippen LogP contribution in [-0.2, 0) is 4.79 Å². The van der Waals surface area contributed by atoms with Gasteiger partial charge in [-0.1, -0.05) is 0 Å². The third-order valence-corrected chi connectivity index (χ3v) is 3.58. The molecule has 0 aromatic carbocycles. The normalized spacial score (nSPS) is 38.0. The molecule has 80 valence electrons. The molecule has 0 radical (unpaired) electrons. The summed E-state index contributed by atoms with van der Waals surface area (Å²) in [6.45, 7) is 5.15. The molecular formula is C10H18N2O2. The van der Waals surface area contributed by atoms with E-state index in [1.165, 1.54) is 0 Å². The number of carboxylic acids is 1. The Morgan fingerprint density at radius 3 is 2.57 bits per heavy atom. The van der Waals surface area contributed by atoms with Crippen LogP contribution in [0.15, 0.2) is 0 Å². The zero-order valence-electron chi connectivity index (χ0n) is 8.73. The minimum atomic E-state index is -0.596. The van der Waals surface area contributed by atoms with Gasteiger partial charge in [0.05, 0.1) is 5.92 Å². The Morgan fingerprint density at radius 1 is 1.57 bits per heavy atom. The minimum absolute atomic E-state index is 0.0314. The molecule has 1 saturated heterocycles. The van der Waals surface area contributed by atoms with Crippen LogP contribution in [0.3, 0.4) is 0 Å². The molecule has 0 amide bonds. The maximum atomic E-state index is 10.7. The van der Waals surface area contributed by atoms with Crippen LogP contribution in [0.1, 0.15) is 6.92 Å². The predicted octanol–water partition coefficient (Wildman–Crippen LogP) is -0.143. The minimum Gasteiger partial charge on any atom is -0.481 e. The van der Waals surface area contributed by atoms with E-state index in [1.54, 1.807) is 0 Å². The van der Waals surface area contributed by atoms with Crippen LogP contribution in [0.25, 0.3) is 0 Å². The van der Waals surface area contributed by atoms with E-state index in [9.17, 15) is 4.79 Å². The van der Waals surface area contributed by atoms with Crippen molar-refractivity contribution in [2.75, 3.05) is 26.7 Å². The predicted molar refractivity (Wildman–Crippen MR) is 53.1 cm³/mol. The SMILES string of the molecule is CNC(C)CN1CC2C(C1)C2C(=O)O. The van der Waals surface area contributed by atoms with E-state index in [4.69, 9.17) is 5.11 Å². The number of nitrogens with zero attached hydrogens (tertiary/aromatic N) is 1. The second-order valence-corrected chi connectivity index (χ2v) is 4.60. The first kappa shape index (κ1) is 9.93. The van der Waals surface area contributed by atoms with Gasteiger partial charge in [-0.15, -0.1) is 0 Å². The van der Waals surface area contributed by atoms with E-state index in [0.29, 0.717) is 17.9 Å². The summed E-state index contributed by atoms with van der Waals surface area (Å²) < 4.78 is 0. The lowest BCUT2D eigenvalue weighted by atomic mass is 10.2. The van der Waals surface area contributed by atoms with Crippen molar-refractivity contribution >= 4 is 5.97 Å². The highest BCUT2D eigenvalue weighted by Gasteiger charge is 2.59. The van der Waals surface area contributed by atoms with Crippen molar-refractivity contribution in [3.8, 4) is 0 Å². The Labute approximate surface area is 84.3 Å². The molecule has 2 rings (SSSR count). The van der Waals surface area contributed by atoms with Crippen molar-refractivity contribution in [1.29, 1.82) is 0 Å². The lowest BCUT2D eigenvalue weighted by Crippen LogP contribution is -2.38. The molecule has 0 bridgehead atoms. The zero-order chi connectivity index (χ0) is 10.3. The number of likely N-dealkylation sites (tertiary alicyclic amines) is 1. The maximum absolute atomic E-state index is 10.7. The Kier molecular flexibility index (Phi) is 2.49. The van der Waals surface area contributed by atoms with Gasteiger partial charge >= 0.3 is 5.97 Å². The van der Waals surface area contributed by atoms with Gasteiger partial charge in [-0.25, -0.2) is 0 Å². The van der Waals surface area contributed by atoms with Gasteiger partial charge in [0, 0.05) is 25.7 Å². The zero-order valence-corrected chi connectivity index (χ0v) is 8.73. The number of rotatable bonds is 4. The number of likely N-dealkylation sites (N-methyl/N-ethyl adjacent to an activating group) is 1. The highest BCUT2D eigenvalue weighted by Crippen LogP contribution is 2.51. The molecule has 1 saturated carbocycles. The fraction of sp³-hybridized carbons (Fsp3) is 0.900. The molecule has 4 heteroatoms. The molecule has 0 aromatic heterocycles. The highest BCUT2D eigenvalue weighted by molar-refractivity contribution is 5.74. The molecule has 4 nitrogen and oxygen atoms in total. The van der Waals surface area contributed by atoms with Crippen LogP contribution in [0.5, 0.6) is 0 Å². The van der Waals surface area contributed by atoms with Crippen LogP contribution in [-0.4, -0.2) is 48.7 Å². The average Bonchev–Trinajstić information content (AvgIpc) is 2.65. The lowest BCUT2D eigenvalue weighted by molar-refractivity contribution is -0.139. The number of aliphatic carboxylic acids is 1. The van der Waals surface area contributed by atoms with Gasteiger partial charge < -0.3 is 15.3 Å². The molecule has 3 atom stereocenters. The van der Waals surface area contributed by atoms with Crippen LogP contribution >= 0.6 is 0 Å². The third-order valence-electron chi connectivity index (χ3n) is 3.58. The van der Waals surface area contributed by atoms with Crippen LogP contribution in [0, 0.1) is 17.8 Å². The molecule has 3 unspecified atom stereocenters. The summed E-state index contributed by atoms with van der Waals surface area (Å²) in [6.07, 6.45) is 0. The fourth-order valence-corrected chi connectivity index (χ4v) is 2.61. The van der Waals surface area contributed by atoms with Crippen molar-refractivity contribution < 1.29 is 9.90 Å². The van der Waals surface area contributed by atoms with E-state index < -0.39 is 5.97 Å². The maximum Gasteiger partial charge on any atom is 0.307 e. The molecule has 2 fully saturated rings. The number of carboxylic acid groups (broad SMARTS) is 1. The number of fused-ring (bicyclic) bond motifs is 1. The Hall–Kier alpha value is -0.610. The summed E-state index contributed by atoms with van der Waals surface area (Å²) in [4.78, 5) is 13.1. The first-order valence-electron chi connectivity index (χ1n) is 5.26.